The van der Waals surface area contributed by atoms with Crippen LogP contribution in [0.15, 0.2) is 0 Å². The summed E-state index contributed by atoms with van der Waals surface area (Å²) in [7, 11) is 0. The van der Waals surface area contributed by atoms with Crippen LogP contribution in [-0.4, -0.2) is 58.6 Å². The van der Waals surface area contributed by atoms with Crippen LogP contribution in [0.3, 0.4) is 0 Å². The van der Waals surface area contributed by atoms with Gasteiger partial charge < -0.3 is 19.5 Å². The Hall–Kier alpha value is -2.12. The number of ether oxygens (including phenoxy) is 2. The average molecular weight is 498 g/mol. The van der Waals surface area contributed by atoms with Crippen molar-refractivity contribution in [2.75, 3.05) is 6.54 Å². The van der Waals surface area contributed by atoms with Gasteiger partial charge in [-0.05, 0) is 38.0 Å². The van der Waals surface area contributed by atoms with Crippen LogP contribution in [0.4, 0.5) is 0 Å². The van der Waals surface area contributed by atoms with E-state index in [2.05, 4.69) is 13.8 Å². The second-order valence-electron chi connectivity index (χ2n) is 10.4. The first kappa shape index (κ1) is 30.9. The third-order valence-corrected chi connectivity index (χ3v) is 7.32. The molecule has 202 valence electrons. The Balaban J connectivity index is 2.91. The van der Waals surface area contributed by atoms with Crippen LogP contribution in [0.25, 0.3) is 0 Å². The molecule has 7 atom stereocenters. The van der Waals surface area contributed by atoms with Gasteiger partial charge in [-0.25, -0.2) is 14.4 Å². The van der Waals surface area contributed by atoms with Gasteiger partial charge in [0.2, 0.25) is 18.1 Å². The first-order chi connectivity index (χ1) is 16.5. The molecule has 1 heterocycles. The van der Waals surface area contributed by atoms with Gasteiger partial charge in [-0.3, -0.25) is 4.79 Å². The van der Waals surface area contributed by atoms with Gasteiger partial charge >= 0.3 is 17.9 Å². The molecule has 8 heteroatoms. The van der Waals surface area contributed by atoms with Gasteiger partial charge in [0.25, 0.3) is 0 Å². The maximum atomic E-state index is 13.2. The van der Waals surface area contributed by atoms with E-state index < -0.39 is 36.2 Å². The van der Waals surface area contributed by atoms with E-state index in [9.17, 15) is 24.3 Å². The molecule has 35 heavy (non-hydrogen) atoms. The van der Waals surface area contributed by atoms with Gasteiger partial charge in [0.1, 0.15) is 6.04 Å². The fourth-order valence-corrected chi connectivity index (χ4v) is 4.56. The summed E-state index contributed by atoms with van der Waals surface area (Å²) in [6.07, 6.45) is 3.80. The van der Waals surface area contributed by atoms with Crippen LogP contribution >= 0.6 is 0 Å². The molecule has 1 saturated heterocycles. The zero-order valence-corrected chi connectivity index (χ0v) is 22.7. The van der Waals surface area contributed by atoms with Crippen molar-refractivity contribution in [3.05, 3.63) is 0 Å². The number of carboxylic acid groups (broad SMARTS) is 1. The van der Waals surface area contributed by atoms with E-state index in [1.807, 2.05) is 20.8 Å². The molecule has 1 aliphatic rings. The van der Waals surface area contributed by atoms with Crippen molar-refractivity contribution in [1.82, 2.24) is 4.90 Å². The molecule has 0 bridgehead atoms. The van der Waals surface area contributed by atoms with E-state index in [1.165, 1.54) is 0 Å². The highest BCUT2D eigenvalue weighted by molar-refractivity contribution is 5.88. The number of carbonyl (C=O) groups excluding carboxylic acids is 3. The largest absolute Gasteiger partial charge is 0.478 e. The molecule has 1 amide bonds. The molecule has 1 aliphatic heterocycles. The molecule has 0 radical (unpaired) electrons. The molecule has 0 aliphatic carbocycles. The SMILES string of the molecule is CCCC[C@H](C)C[C@@H](C)C(=O)N1CCC[C@H]1C(=O)O[C@@H](C(=O)O[C@H](C(=O)O)[C@@H](C)CC)[C@@H](C)CC. The highest BCUT2D eigenvalue weighted by Crippen LogP contribution is 2.27. The van der Waals surface area contributed by atoms with Crippen molar-refractivity contribution in [1.29, 1.82) is 0 Å². The summed E-state index contributed by atoms with van der Waals surface area (Å²) in [6.45, 7) is 13.8. The van der Waals surface area contributed by atoms with Gasteiger partial charge in [-0.2, -0.15) is 0 Å². The minimum absolute atomic E-state index is 0.0572. The minimum Gasteiger partial charge on any atom is -0.478 e. The number of carbonyl (C=O) groups is 4. The molecule has 8 nitrogen and oxygen atoms in total. The third-order valence-electron chi connectivity index (χ3n) is 7.32. The van der Waals surface area contributed by atoms with Gasteiger partial charge in [0.15, 0.2) is 0 Å². The highest BCUT2D eigenvalue weighted by Gasteiger charge is 2.41. The molecule has 0 spiro atoms. The van der Waals surface area contributed by atoms with Crippen LogP contribution in [-0.2, 0) is 28.7 Å². The molecule has 1 fully saturated rings. The van der Waals surface area contributed by atoms with E-state index in [0.717, 1.165) is 25.7 Å². The fourth-order valence-electron chi connectivity index (χ4n) is 4.56. The highest BCUT2D eigenvalue weighted by atomic mass is 16.6. The number of esters is 2. The number of hydrogen-bond donors (Lipinski definition) is 1. The van der Waals surface area contributed by atoms with Crippen molar-refractivity contribution in [3.63, 3.8) is 0 Å². The molecule has 0 unspecified atom stereocenters. The Morgan fingerprint density at radius 2 is 1.54 bits per heavy atom. The van der Waals surface area contributed by atoms with Crippen LogP contribution in [0.5, 0.6) is 0 Å². The number of hydrogen-bond acceptors (Lipinski definition) is 6. The number of carboxylic acids is 1. The van der Waals surface area contributed by atoms with E-state index in [1.54, 1.807) is 18.7 Å². The number of aliphatic carboxylic acids is 1. The molecule has 0 aromatic heterocycles. The molecule has 0 aromatic carbocycles. The average Bonchev–Trinajstić information content (AvgIpc) is 3.32. The summed E-state index contributed by atoms with van der Waals surface area (Å²) in [6, 6.07) is -0.736. The second-order valence-corrected chi connectivity index (χ2v) is 10.4. The van der Waals surface area contributed by atoms with Gasteiger partial charge in [-0.1, -0.05) is 67.7 Å². The summed E-state index contributed by atoms with van der Waals surface area (Å²) >= 11 is 0. The Morgan fingerprint density at radius 1 is 0.943 bits per heavy atom. The maximum Gasteiger partial charge on any atom is 0.348 e. The number of rotatable bonds is 15. The topological polar surface area (TPSA) is 110 Å². The van der Waals surface area contributed by atoms with Crippen molar-refractivity contribution in [3.8, 4) is 0 Å². The number of amides is 1. The predicted octanol–water partition coefficient (Wildman–Crippen LogP) is 4.83. The molecular formula is C27H47NO7. The van der Waals surface area contributed by atoms with E-state index in [-0.39, 0.29) is 23.7 Å². The van der Waals surface area contributed by atoms with Crippen molar-refractivity contribution in [2.45, 2.75) is 118 Å². The standard InChI is InChI=1S/C27H47NO7/c1-8-11-13-17(4)16-20(7)24(29)28-15-12-14-21(28)26(32)35-23(19(6)10-3)27(33)34-22(25(30)31)18(5)9-2/h17-23H,8-16H2,1-7H3,(H,30,31)/t17-,18-,19-,20+,21-,22-,23+/m0/s1. The maximum absolute atomic E-state index is 13.2. The molecular weight excluding hydrogens is 450 g/mol. The van der Waals surface area contributed by atoms with Crippen LogP contribution in [0, 0.1) is 23.7 Å². The lowest BCUT2D eigenvalue weighted by Crippen LogP contribution is -2.47. The molecule has 0 aromatic rings. The molecule has 0 saturated carbocycles. The number of likely N-dealkylation sites (tertiary alicyclic amines) is 1. The normalized spacial score (nSPS) is 20.9. The molecule has 1 rings (SSSR count). The number of nitrogens with zero attached hydrogens (tertiary/aromatic N) is 1. The Labute approximate surface area is 211 Å². The van der Waals surface area contributed by atoms with Crippen LogP contribution in [0.1, 0.15) is 99.8 Å². The predicted molar refractivity (Wildman–Crippen MR) is 134 cm³/mol. The zero-order chi connectivity index (χ0) is 26.7. The lowest BCUT2D eigenvalue weighted by Gasteiger charge is -2.30. The number of unbranched alkanes of at least 4 members (excludes halogenated alkanes) is 1. The monoisotopic (exact) mass is 497 g/mol. The van der Waals surface area contributed by atoms with Crippen molar-refractivity contribution in [2.24, 2.45) is 23.7 Å². The Bertz CT molecular complexity index is 710. The third kappa shape index (κ3) is 9.12. The second kappa shape index (κ2) is 15.1. The summed E-state index contributed by atoms with van der Waals surface area (Å²) in [5, 5.41) is 9.48. The van der Waals surface area contributed by atoms with Gasteiger partial charge in [0, 0.05) is 24.3 Å². The van der Waals surface area contributed by atoms with Crippen LogP contribution < -0.4 is 0 Å². The van der Waals surface area contributed by atoms with Gasteiger partial charge in [-0.15, -0.1) is 0 Å². The van der Waals surface area contributed by atoms with Crippen molar-refractivity contribution >= 4 is 23.8 Å². The quantitative estimate of drug-likeness (QED) is 0.323. The van der Waals surface area contributed by atoms with Crippen LogP contribution in [0.2, 0.25) is 0 Å². The van der Waals surface area contributed by atoms with Crippen molar-refractivity contribution < 1.29 is 33.8 Å². The molecule has 1 N–H and O–H groups in total. The lowest BCUT2D eigenvalue weighted by molar-refractivity contribution is -0.184. The summed E-state index contributed by atoms with van der Waals surface area (Å²) in [4.78, 5) is 52.4. The first-order valence-electron chi connectivity index (χ1n) is 13.4. The van der Waals surface area contributed by atoms with E-state index in [0.29, 0.717) is 38.1 Å². The fraction of sp³-hybridized carbons (Fsp3) is 0.852. The zero-order valence-electron chi connectivity index (χ0n) is 22.7. The van der Waals surface area contributed by atoms with E-state index in [4.69, 9.17) is 9.47 Å². The minimum atomic E-state index is -1.31. The first-order valence-corrected chi connectivity index (χ1v) is 13.4. The lowest BCUT2D eigenvalue weighted by atomic mass is 9.92. The Morgan fingerprint density at radius 3 is 2.09 bits per heavy atom. The van der Waals surface area contributed by atoms with Gasteiger partial charge in [0.05, 0.1) is 0 Å². The smallest absolute Gasteiger partial charge is 0.348 e. The van der Waals surface area contributed by atoms with E-state index >= 15 is 0 Å². The summed E-state index contributed by atoms with van der Waals surface area (Å²) < 4.78 is 10.9. The summed E-state index contributed by atoms with van der Waals surface area (Å²) in [5.41, 5.74) is 0. The Kier molecular flexibility index (Phi) is 13.3. The summed E-state index contributed by atoms with van der Waals surface area (Å²) in [5.74, 6) is -3.27.